The van der Waals surface area contributed by atoms with Gasteiger partial charge in [-0.3, -0.25) is 0 Å². The van der Waals surface area contributed by atoms with Gasteiger partial charge in [-0.25, -0.2) is 4.39 Å². The average molecular weight is 132 g/mol. The molecule has 8 heavy (non-hydrogen) atoms. The Morgan fingerprint density at radius 1 is 1.62 bits per heavy atom. The highest BCUT2D eigenvalue weighted by molar-refractivity contribution is 6.31. The molecule has 1 aliphatic rings. The van der Waals surface area contributed by atoms with E-state index in [1.54, 1.807) is 12.2 Å². The first kappa shape index (κ1) is 5.83. The first-order valence-electron chi connectivity index (χ1n) is 2.32. The van der Waals surface area contributed by atoms with Crippen molar-refractivity contribution in [1.82, 2.24) is 0 Å². The van der Waals surface area contributed by atoms with Crippen LogP contribution in [0, 0.1) is 6.42 Å². The fraction of sp³-hybridized carbons (Fsp3) is 0.167. The van der Waals surface area contributed by atoms with Gasteiger partial charge < -0.3 is 0 Å². The Morgan fingerprint density at radius 2 is 2.38 bits per heavy atom. The van der Waals surface area contributed by atoms with Crippen molar-refractivity contribution in [3.63, 3.8) is 0 Å². The highest BCUT2D eigenvalue weighted by atomic mass is 35.5. The van der Waals surface area contributed by atoms with Crippen molar-refractivity contribution in [3.8, 4) is 0 Å². The summed E-state index contributed by atoms with van der Waals surface area (Å²) in [6.07, 6.45) is 5.05. The Morgan fingerprint density at radius 3 is 2.75 bits per heavy atom. The van der Waals surface area contributed by atoms with Crippen LogP contribution in [0.25, 0.3) is 0 Å². The molecule has 43 valence electrons. The molecule has 1 unspecified atom stereocenters. The van der Waals surface area contributed by atoms with Gasteiger partial charge in [0, 0.05) is 11.5 Å². The second-order valence-corrected chi connectivity index (χ2v) is 1.98. The summed E-state index contributed by atoms with van der Waals surface area (Å²) in [4.78, 5) is 0. The smallest absolute Gasteiger partial charge is 0.127 e. The summed E-state index contributed by atoms with van der Waals surface area (Å²) in [7, 11) is 0. The van der Waals surface area contributed by atoms with Crippen LogP contribution in [-0.4, -0.2) is 6.17 Å². The zero-order chi connectivity index (χ0) is 5.98. The van der Waals surface area contributed by atoms with Crippen LogP contribution in [-0.2, 0) is 0 Å². The minimum atomic E-state index is -0.993. The molecular formula is C6H5ClF. The highest BCUT2D eigenvalue weighted by Crippen LogP contribution is 2.16. The monoisotopic (exact) mass is 131 g/mol. The van der Waals surface area contributed by atoms with E-state index in [0.717, 1.165) is 0 Å². The number of allylic oxidation sites excluding steroid dienone is 4. The molecule has 0 aromatic carbocycles. The minimum Gasteiger partial charge on any atom is -0.242 e. The number of hydrogen-bond donors (Lipinski definition) is 0. The van der Waals surface area contributed by atoms with Crippen LogP contribution >= 0.6 is 11.6 Å². The lowest BCUT2D eigenvalue weighted by Gasteiger charge is -2.03. The third-order valence-corrected chi connectivity index (χ3v) is 1.12. The lowest BCUT2D eigenvalue weighted by atomic mass is 10.2. The van der Waals surface area contributed by atoms with E-state index < -0.39 is 6.17 Å². The van der Waals surface area contributed by atoms with Gasteiger partial charge in [0.15, 0.2) is 0 Å². The summed E-state index contributed by atoms with van der Waals surface area (Å²) in [5.74, 6) is 0. The zero-order valence-electron chi connectivity index (χ0n) is 4.14. The SMILES string of the molecule is FC1[CH]C(Cl)=CC=C1. The van der Waals surface area contributed by atoms with Gasteiger partial charge in [0.05, 0.1) is 0 Å². The molecule has 0 aromatic rings. The molecule has 0 saturated heterocycles. The lowest BCUT2D eigenvalue weighted by Crippen LogP contribution is -1.98. The molecule has 0 aromatic heterocycles. The fourth-order valence-corrected chi connectivity index (χ4v) is 0.710. The van der Waals surface area contributed by atoms with Crippen LogP contribution in [0.15, 0.2) is 23.3 Å². The molecule has 1 radical (unpaired) electrons. The Labute approximate surface area is 52.6 Å². The van der Waals surface area contributed by atoms with Crippen LogP contribution in [0.4, 0.5) is 4.39 Å². The maximum atomic E-state index is 12.2. The predicted octanol–water partition coefficient (Wildman–Crippen LogP) is 2.22. The van der Waals surface area contributed by atoms with Gasteiger partial charge in [-0.1, -0.05) is 17.7 Å². The maximum Gasteiger partial charge on any atom is 0.127 e. The van der Waals surface area contributed by atoms with E-state index in [9.17, 15) is 4.39 Å². The lowest BCUT2D eigenvalue weighted by molar-refractivity contribution is 0.449. The summed E-state index contributed by atoms with van der Waals surface area (Å²) in [5, 5.41) is 0.472. The van der Waals surface area contributed by atoms with Gasteiger partial charge in [0.1, 0.15) is 6.17 Å². The van der Waals surface area contributed by atoms with Crippen molar-refractivity contribution in [2.45, 2.75) is 6.17 Å². The molecule has 0 aliphatic heterocycles. The second-order valence-electron chi connectivity index (χ2n) is 1.55. The van der Waals surface area contributed by atoms with Gasteiger partial charge in [-0.2, -0.15) is 0 Å². The Hall–Kier alpha value is -0.300. The van der Waals surface area contributed by atoms with Crippen LogP contribution in [0.1, 0.15) is 0 Å². The van der Waals surface area contributed by atoms with E-state index in [4.69, 9.17) is 11.6 Å². The molecule has 1 aliphatic carbocycles. The van der Waals surface area contributed by atoms with E-state index in [1.165, 1.54) is 12.5 Å². The van der Waals surface area contributed by atoms with Crippen molar-refractivity contribution in [3.05, 3.63) is 29.7 Å². The van der Waals surface area contributed by atoms with Gasteiger partial charge in [0.25, 0.3) is 0 Å². The Kier molecular flexibility index (Phi) is 1.69. The molecule has 1 rings (SSSR count). The molecule has 0 spiro atoms. The molecule has 1 atom stereocenters. The minimum absolute atomic E-state index is 0.472. The first-order chi connectivity index (χ1) is 3.79. The van der Waals surface area contributed by atoms with E-state index in [-0.39, 0.29) is 0 Å². The van der Waals surface area contributed by atoms with Crippen molar-refractivity contribution in [1.29, 1.82) is 0 Å². The van der Waals surface area contributed by atoms with Crippen molar-refractivity contribution < 1.29 is 4.39 Å². The molecule has 0 N–H and O–H groups in total. The Balaban J connectivity index is 2.59. The highest BCUT2D eigenvalue weighted by Gasteiger charge is 2.06. The summed E-state index contributed by atoms with van der Waals surface area (Å²) >= 11 is 5.43. The summed E-state index contributed by atoms with van der Waals surface area (Å²) in [6, 6.07) is 0. The van der Waals surface area contributed by atoms with Crippen LogP contribution < -0.4 is 0 Å². The third-order valence-electron chi connectivity index (χ3n) is 0.869. The molecule has 0 saturated carbocycles. The average Bonchev–Trinajstić information content (AvgIpc) is 1.64. The van der Waals surface area contributed by atoms with E-state index >= 15 is 0 Å². The normalized spacial score (nSPS) is 27.8. The fourth-order valence-electron chi connectivity index (χ4n) is 0.517. The van der Waals surface area contributed by atoms with Crippen molar-refractivity contribution in [2.24, 2.45) is 0 Å². The maximum absolute atomic E-state index is 12.2. The quantitative estimate of drug-likeness (QED) is 0.473. The molecular weight excluding hydrogens is 127 g/mol. The molecule has 2 heteroatoms. The van der Waals surface area contributed by atoms with Crippen LogP contribution in [0.2, 0.25) is 0 Å². The van der Waals surface area contributed by atoms with E-state index in [1.807, 2.05) is 0 Å². The molecule has 0 heterocycles. The van der Waals surface area contributed by atoms with Gasteiger partial charge >= 0.3 is 0 Å². The molecule has 0 bridgehead atoms. The summed E-state index contributed by atoms with van der Waals surface area (Å²) in [5.41, 5.74) is 0. The van der Waals surface area contributed by atoms with Crippen molar-refractivity contribution >= 4 is 11.6 Å². The predicted molar refractivity (Wildman–Crippen MR) is 32.3 cm³/mol. The topological polar surface area (TPSA) is 0 Å². The molecule has 0 fully saturated rings. The largest absolute Gasteiger partial charge is 0.242 e. The van der Waals surface area contributed by atoms with Gasteiger partial charge in [-0.05, 0) is 12.2 Å². The second kappa shape index (κ2) is 2.31. The van der Waals surface area contributed by atoms with Gasteiger partial charge in [0.2, 0.25) is 0 Å². The van der Waals surface area contributed by atoms with E-state index in [0.29, 0.717) is 5.03 Å². The standard InChI is InChI=1S/C6H5ClF/c7-5-2-1-3-6(8)4-5/h1-4,6H. The van der Waals surface area contributed by atoms with Crippen molar-refractivity contribution in [2.75, 3.05) is 0 Å². The third kappa shape index (κ3) is 1.34. The summed E-state index contributed by atoms with van der Waals surface area (Å²) < 4.78 is 12.2. The van der Waals surface area contributed by atoms with E-state index in [2.05, 4.69) is 0 Å². The number of hydrogen-bond acceptors (Lipinski definition) is 0. The van der Waals surface area contributed by atoms with Crippen LogP contribution in [0.5, 0.6) is 0 Å². The molecule has 0 amide bonds. The Bertz CT molecular complexity index is 137. The van der Waals surface area contributed by atoms with Gasteiger partial charge in [-0.15, -0.1) is 0 Å². The van der Waals surface area contributed by atoms with Crippen LogP contribution in [0.3, 0.4) is 0 Å². The first-order valence-corrected chi connectivity index (χ1v) is 2.70. The summed E-state index contributed by atoms with van der Waals surface area (Å²) in [6.45, 7) is 0. The number of alkyl halides is 1. The zero-order valence-corrected chi connectivity index (χ0v) is 4.90. The number of halogens is 2. The molecule has 0 nitrogen and oxygen atoms in total. The number of rotatable bonds is 0.